The highest BCUT2D eigenvalue weighted by atomic mass is 31.2. The Balaban J connectivity index is 4.46. The van der Waals surface area contributed by atoms with Crippen LogP contribution in [0.2, 0.25) is 0 Å². The first-order valence-corrected chi connectivity index (χ1v) is 22.2. The van der Waals surface area contributed by atoms with E-state index in [1.165, 1.54) is 77.0 Å². The van der Waals surface area contributed by atoms with Gasteiger partial charge in [0.1, 0.15) is 12.6 Å². The van der Waals surface area contributed by atoms with Crippen molar-refractivity contribution in [3.05, 3.63) is 48.6 Å². The van der Waals surface area contributed by atoms with E-state index in [0.29, 0.717) is 12.8 Å². The predicted molar refractivity (Wildman–Crippen MR) is 217 cm³/mol. The Hall–Kier alpha value is -2.56. The minimum atomic E-state index is -4.73. The highest BCUT2D eigenvalue weighted by Crippen LogP contribution is 2.43. The Morgan fingerprint density at radius 1 is 0.574 bits per heavy atom. The summed E-state index contributed by atoms with van der Waals surface area (Å²) in [4.78, 5) is 45.8. The average molecular weight is 784 g/mol. The number of carboxylic acid groups (broad SMARTS) is 1. The summed E-state index contributed by atoms with van der Waals surface area (Å²) < 4.78 is 32.5. The Labute approximate surface area is 326 Å². The molecule has 0 aliphatic carbocycles. The summed E-state index contributed by atoms with van der Waals surface area (Å²) in [5.41, 5.74) is 5.32. The second-order valence-corrected chi connectivity index (χ2v) is 15.2. The van der Waals surface area contributed by atoms with Crippen LogP contribution in [0.5, 0.6) is 0 Å². The fourth-order valence-corrected chi connectivity index (χ4v) is 6.04. The zero-order valence-corrected chi connectivity index (χ0v) is 34.4. The molecule has 0 aromatic carbocycles. The molecule has 0 bridgehead atoms. The summed E-state index contributed by atoms with van der Waals surface area (Å²) in [5, 5.41) is 8.87. The molecule has 12 heteroatoms. The molecule has 3 atom stereocenters. The first kappa shape index (κ1) is 51.4. The molecule has 0 fully saturated rings. The van der Waals surface area contributed by atoms with Crippen molar-refractivity contribution in [1.29, 1.82) is 0 Å². The third-order valence-electron chi connectivity index (χ3n) is 8.56. The van der Waals surface area contributed by atoms with Crippen LogP contribution in [0.1, 0.15) is 168 Å². The molecular formula is C42H74NO10P. The summed E-state index contributed by atoms with van der Waals surface area (Å²) in [6, 6.07) is -1.53. The molecule has 0 aromatic rings. The van der Waals surface area contributed by atoms with E-state index in [9.17, 15) is 23.8 Å². The number of nitrogens with two attached hydrogens (primary N) is 1. The van der Waals surface area contributed by atoms with Crippen molar-refractivity contribution >= 4 is 25.7 Å². The third kappa shape index (κ3) is 36.4. The molecule has 0 heterocycles. The van der Waals surface area contributed by atoms with Crippen LogP contribution in [0.4, 0.5) is 0 Å². The standard InChI is InChI=1S/C42H74NO10P/c1-3-5-7-9-11-13-15-17-18-19-20-22-23-25-27-29-31-33-40(44)50-35-38(36-51-54(48,49)52-37-39(43)42(46)47)53-41(45)34-32-30-28-26-24-21-16-14-12-10-8-6-4-2/h11,13,17-18,21,24,28,30,38-39H,3-10,12,14-16,19-20,22-23,25-27,29,31-37,43H2,1-2H3,(H,46,47)(H,48,49)/b13-11+,18-17+,24-21+,30-28+/t38?,39-/m0/s1. The summed E-state index contributed by atoms with van der Waals surface area (Å²) in [6.45, 7) is 2.69. The molecule has 0 aromatic heterocycles. The Morgan fingerprint density at radius 2 is 1.02 bits per heavy atom. The molecule has 0 aliphatic heterocycles. The maximum Gasteiger partial charge on any atom is 0.472 e. The van der Waals surface area contributed by atoms with Crippen LogP contribution in [0.25, 0.3) is 0 Å². The van der Waals surface area contributed by atoms with Crippen molar-refractivity contribution < 1.29 is 47.5 Å². The first-order valence-electron chi connectivity index (χ1n) is 20.7. The normalized spacial score (nSPS) is 14.3. The zero-order valence-electron chi connectivity index (χ0n) is 33.6. The lowest BCUT2D eigenvalue weighted by Crippen LogP contribution is -2.34. The van der Waals surface area contributed by atoms with Crippen molar-refractivity contribution in [2.75, 3.05) is 19.8 Å². The lowest BCUT2D eigenvalue weighted by atomic mass is 10.1. The molecule has 0 rings (SSSR count). The van der Waals surface area contributed by atoms with Crippen LogP contribution in [0, 0.1) is 0 Å². The number of carbonyl (C=O) groups is 3. The van der Waals surface area contributed by atoms with Gasteiger partial charge in [0.2, 0.25) is 0 Å². The van der Waals surface area contributed by atoms with Gasteiger partial charge < -0.3 is 25.2 Å². The SMILES string of the molecule is CCCCC/C=C/C/C=C/CCCCCCCCCC(=O)OCC(COP(=O)(O)OC[C@H](N)C(=O)O)OC(=O)CC/C=C/C/C=C/CCCCCCCC. The van der Waals surface area contributed by atoms with Crippen LogP contribution in [-0.2, 0) is 37.5 Å². The van der Waals surface area contributed by atoms with Crippen molar-refractivity contribution in [1.82, 2.24) is 0 Å². The number of hydrogen-bond donors (Lipinski definition) is 3. The van der Waals surface area contributed by atoms with Crippen LogP contribution in [0.15, 0.2) is 48.6 Å². The van der Waals surface area contributed by atoms with E-state index >= 15 is 0 Å². The quantitative estimate of drug-likeness (QED) is 0.0235. The van der Waals surface area contributed by atoms with E-state index in [1.54, 1.807) is 0 Å². The number of phosphoric acid groups is 1. The van der Waals surface area contributed by atoms with E-state index in [4.69, 9.17) is 24.8 Å². The number of ether oxygens (including phenoxy) is 2. The number of carboxylic acids is 1. The molecule has 0 amide bonds. The molecule has 54 heavy (non-hydrogen) atoms. The molecule has 0 saturated heterocycles. The molecule has 0 saturated carbocycles. The predicted octanol–water partition coefficient (Wildman–Crippen LogP) is 10.6. The Kier molecular flexibility index (Phi) is 35.6. The van der Waals surface area contributed by atoms with Crippen LogP contribution in [0.3, 0.4) is 0 Å². The maximum atomic E-state index is 12.5. The van der Waals surface area contributed by atoms with Crippen LogP contribution in [-0.4, -0.2) is 59.9 Å². The molecular weight excluding hydrogens is 709 g/mol. The van der Waals surface area contributed by atoms with Gasteiger partial charge in [0.05, 0.1) is 13.2 Å². The van der Waals surface area contributed by atoms with Gasteiger partial charge in [-0.25, -0.2) is 4.57 Å². The number of aliphatic carboxylic acids is 1. The van der Waals surface area contributed by atoms with Gasteiger partial charge in [-0.1, -0.05) is 140 Å². The van der Waals surface area contributed by atoms with Gasteiger partial charge in [0.15, 0.2) is 6.10 Å². The summed E-state index contributed by atoms with van der Waals surface area (Å²) in [5.74, 6) is -2.48. The number of phosphoric ester groups is 1. The van der Waals surface area contributed by atoms with E-state index in [1.807, 2.05) is 12.2 Å². The van der Waals surface area contributed by atoms with Gasteiger partial charge in [0.25, 0.3) is 0 Å². The number of esters is 2. The third-order valence-corrected chi connectivity index (χ3v) is 9.51. The topological polar surface area (TPSA) is 172 Å². The van der Waals surface area contributed by atoms with Crippen molar-refractivity contribution in [3.8, 4) is 0 Å². The maximum absolute atomic E-state index is 12.5. The number of carbonyl (C=O) groups excluding carboxylic acids is 2. The van der Waals surface area contributed by atoms with Gasteiger partial charge in [-0.2, -0.15) is 0 Å². The lowest BCUT2D eigenvalue weighted by molar-refractivity contribution is -0.161. The van der Waals surface area contributed by atoms with Crippen LogP contribution < -0.4 is 5.73 Å². The van der Waals surface area contributed by atoms with E-state index in [0.717, 1.165) is 51.4 Å². The van der Waals surface area contributed by atoms with E-state index < -0.39 is 51.1 Å². The van der Waals surface area contributed by atoms with Gasteiger partial charge in [-0.15, -0.1) is 0 Å². The summed E-state index contributed by atoms with van der Waals surface area (Å²) in [6.07, 6.45) is 40.5. The monoisotopic (exact) mass is 784 g/mol. The van der Waals surface area contributed by atoms with Crippen molar-refractivity contribution in [3.63, 3.8) is 0 Å². The van der Waals surface area contributed by atoms with Crippen LogP contribution >= 0.6 is 7.82 Å². The Morgan fingerprint density at radius 3 is 1.56 bits per heavy atom. The van der Waals surface area contributed by atoms with Gasteiger partial charge in [0, 0.05) is 12.8 Å². The average Bonchev–Trinajstić information content (AvgIpc) is 3.14. The second kappa shape index (κ2) is 37.4. The lowest BCUT2D eigenvalue weighted by Gasteiger charge is -2.20. The highest BCUT2D eigenvalue weighted by Gasteiger charge is 2.28. The fourth-order valence-electron chi connectivity index (χ4n) is 5.26. The van der Waals surface area contributed by atoms with E-state index in [2.05, 4.69) is 54.8 Å². The van der Waals surface area contributed by atoms with Crippen molar-refractivity contribution in [2.24, 2.45) is 5.73 Å². The molecule has 11 nitrogen and oxygen atoms in total. The smallest absolute Gasteiger partial charge is 0.472 e. The number of hydrogen-bond acceptors (Lipinski definition) is 9. The first-order chi connectivity index (χ1) is 26.1. The zero-order chi connectivity index (χ0) is 40.0. The largest absolute Gasteiger partial charge is 0.480 e. The molecule has 0 aliphatic rings. The number of rotatable bonds is 38. The summed E-state index contributed by atoms with van der Waals surface area (Å²) in [7, 11) is -4.73. The van der Waals surface area contributed by atoms with Gasteiger partial charge >= 0.3 is 25.7 Å². The fraction of sp³-hybridized carbons (Fsp3) is 0.738. The summed E-state index contributed by atoms with van der Waals surface area (Å²) >= 11 is 0. The van der Waals surface area contributed by atoms with Gasteiger partial charge in [-0.3, -0.25) is 23.4 Å². The molecule has 4 N–H and O–H groups in total. The van der Waals surface area contributed by atoms with Gasteiger partial charge in [-0.05, 0) is 64.2 Å². The molecule has 0 spiro atoms. The number of unbranched alkanes of at least 4 members (excludes halogenated alkanes) is 16. The van der Waals surface area contributed by atoms with Crippen molar-refractivity contribution in [2.45, 2.75) is 180 Å². The molecule has 312 valence electrons. The molecule has 2 unspecified atom stereocenters. The second-order valence-electron chi connectivity index (χ2n) is 13.8. The highest BCUT2D eigenvalue weighted by molar-refractivity contribution is 7.47. The Bertz CT molecular complexity index is 1110. The minimum absolute atomic E-state index is 0.0523. The molecule has 0 radical (unpaired) electrons. The van der Waals surface area contributed by atoms with E-state index in [-0.39, 0.29) is 19.4 Å². The number of allylic oxidation sites excluding steroid dienone is 8. The minimum Gasteiger partial charge on any atom is -0.480 e.